The van der Waals surface area contributed by atoms with E-state index < -0.39 is 15.9 Å². The van der Waals surface area contributed by atoms with Gasteiger partial charge in [-0.05, 0) is 19.4 Å². The van der Waals surface area contributed by atoms with Gasteiger partial charge in [-0.15, -0.1) is 0 Å². The Bertz CT molecular complexity index is 864. The lowest BCUT2D eigenvalue weighted by Gasteiger charge is -2.35. The van der Waals surface area contributed by atoms with Crippen LogP contribution in [0.15, 0.2) is 42.7 Å². The molecular weight excluding hydrogens is 352 g/mol. The quantitative estimate of drug-likeness (QED) is 0.886. The Kier molecular flexibility index (Phi) is 5.31. The molecule has 7 nitrogen and oxygen atoms in total. The number of benzene rings is 1. The Morgan fingerprint density at radius 2 is 2.08 bits per heavy atom. The summed E-state index contributed by atoms with van der Waals surface area (Å²) in [7, 11) is -3.18. The van der Waals surface area contributed by atoms with E-state index in [0.29, 0.717) is 6.54 Å². The van der Waals surface area contributed by atoms with Gasteiger partial charge in [0.1, 0.15) is 0 Å². The Morgan fingerprint density at radius 3 is 2.73 bits per heavy atom. The smallest absolute Gasteiger partial charge is 0.318 e. The molecule has 2 amide bonds. The number of carbonyl (C=O) groups is 1. The summed E-state index contributed by atoms with van der Waals surface area (Å²) in [5.41, 5.74) is 1.75. The van der Waals surface area contributed by atoms with Crippen molar-refractivity contribution in [1.82, 2.24) is 20.0 Å². The van der Waals surface area contributed by atoms with Crippen molar-refractivity contribution >= 4 is 15.9 Å². The highest BCUT2D eigenvalue weighted by Gasteiger charge is 2.36. The van der Waals surface area contributed by atoms with E-state index in [0.717, 1.165) is 11.1 Å². The Labute approximate surface area is 153 Å². The van der Waals surface area contributed by atoms with Gasteiger partial charge in [-0.2, -0.15) is 5.10 Å². The molecule has 0 spiro atoms. The van der Waals surface area contributed by atoms with Gasteiger partial charge in [-0.1, -0.05) is 30.3 Å². The fourth-order valence-electron chi connectivity index (χ4n) is 3.14. The van der Waals surface area contributed by atoms with Gasteiger partial charge in [0, 0.05) is 24.8 Å². The Balaban J connectivity index is 1.80. The lowest BCUT2D eigenvalue weighted by molar-refractivity contribution is 0.178. The minimum atomic E-state index is -3.18. The zero-order valence-electron chi connectivity index (χ0n) is 15.0. The molecule has 1 aromatic carbocycles. The number of nitrogens with one attached hydrogen (secondary N) is 1. The summed E-state index contributed by atoms with van der Waals surface area (Å²) in [6.07, 6.45) is 3.46. The number of aryl methyl sites for hydroxylation is 1. The van der Waals surface area contributed by atoms with Crippen molar-refractivity contribution in [2.75, 3.05) is 18.1 Å². The van der Waals surface area contributed by atoms with E-state index in [-0.39, 0.29) is 30.1 Å². The zero-order valence-corrected chi connectivity index (χ0v) is 15.8. The number of aromatic nitrogens is 2. The molecular formula is C18H24N4O3S. The van der Waals surface area contributed by atoms with Crippen LogP contribution in [0.1, 0.15) is 37.1 Å². The fraction of sp³-hybridized carbons (Fsp3) is 0.444. The van der Waals surface area contributed by atoms with Crippen molar-refractivity contribution < 1.29 is 13.2 Å². The number of amides is 2. The lowest BCUT2D eigenvalue weighted by Crippen LogP contribution is -2.50. The molecule has 1 saturated heterocycles. The molecule has 0 bridgehead atoms. The molecule has 1 aromatic heterocycles. The van der Waals surface area contributed by atoms with E-state index in [9.17, 15) is 13.2 Å². The van der Waals surface area contributed by atoms with E-state index in [1.54, 1.807) is 15.8 Å². The predicted octanol–water partition coefficient (Wildman–Crippen LogP) is 2.15. The van der Waals surface area contributed by atoms with Gasteiger partial charge in [0.2, 0.25) is 0 Å². The third-order valence-corrected chi connectivity index (χ3v) is 6.32. The van der Waals surface area contributed by atoms with Crippen molar-refractivity contribution in [2.45, 2.75) is 32.5 Å². The Hall–Kier alpha value is -2.35. The molecule has 1 aliphatic heterocycles. The molecule has 0 saturated carbocycles. The maximum atomic E-state index is 12.8. The second kappa shape index (κ2) is 7.49. The largest absolute Gasteiger partial charge is 0.331 e. The van der Waals surface area contributed by atoms with Crippen LogP contribution in [-0.2, 0) is 16.4 Å². The van der Waals surface area contributed by atoms with E-state index >= 15 is 0 Å². The summed E-state index contributed by atoms with van der Waals surface area (Å²) in [4.78, 5) is 14.5. The van der Waals surface area contributed by atoms with Gasteiger partial charge in [-0.3, -0.25) is 4.68 Å². The van der Waals surface area contributed by atoms with Crippen molar-refractivity contribution in [3.05, 3.63) is 53.9 Å². The summed E-state index contributed by atoms with van der Waals surface area (Å²) in [5.74, 6) is -0.0892. The van der Waals surface area contributed by atoms with E-state index in [1.165, 1.54) is 0 Å². The topological polar surface area (TPSA) is 84.3 Å². The predicted molar refractivity (Wildman–Crippen MR) is 99.4 cm³/mol. The molecule has 2 heterocycles. The van der Waals surface area contributed by atoms with Crippen molar-refractivity contribution in [3.63, 3.8) is 0 Å². The zero-order chi connectivity index (χ0) is 18.7. The summed E-state index contributed by atoms with van der Waals surface area (Å²) in [6, 6.07) is 8.74. The van der Waals surface area contributed by atoms with Gasteiger partial charge in [-0.25, -0.2) is 13.2 Å². The van der Waals surface area contributed by atoms with Gasteiger partial charge in [0.05, 0.1) is 29.8 Å². The first kappa shape index (κ1) is 18.4. The average Bonchev–Trinajstić information content (AvgIpc) is 3.10. The normalized spacial score (nSPS) is 20.5. The molecule has 1 aliphatic rings. The van der Waals surface area contributed by atoms with Crippen molar-refractivity contribution in [2.24, 2.45) is 0 Å². The van der Waals surface area contributed by atoms with Crippen LogP contribution in [0, 0.1) is 0 Å². The number of rotatable bonds is 4. The molecule has 0 radical (unpaired) electrons. The highest BCUT2D eigenvalue weighted by atomic mass is 32.2. The van der Waals surface area contributed by atoms with Crippen LogP contribution in [0.3, 0.4) is 0 Å². The molecule has 2 aromatic rings. The molecule has 2 atom stereocenters. The van der Waals surface area contributed by atoms with Crippen LogP contribution in [0.25, 0.3) is 0 Å². The van der Waals surface area contributed by atoms with E-state index in [1.807, 2.05) is 50.4 Å². The number of hydrogen-bond acceptors (Lipinski definition) is 4. The molecule has 1 N–H and O–H groups in total. The van der Waals surface area contributed by atoms with Crippen molar-refractivity contribution in [3.8, 4) is 0 Å². The van der Waals surface area contributed by atoms with Gasteiger partial charge < -0.3 is 10.2 Å². The molecule has 8 heteroatoms. The number of sulfone groups is 1. The summed E-state index contributed by atoms with van der Waals surface area (Å²) >= 11 is 0. The van der Waals surface area contributed by atoms with Crippen LogP contribution in [-0.4, -0.2) is 47.2 Å². The second-order valence-electron chi connectivity index (χ2n) is 6.53. The van der Waals surface area contributed by atoms with Gasteiger partial charge in [0.15, 0.2) is 9.84 Å². The number of hydrogen-bond donors (Lipinski definition) is 1. The Morgan fingerprint density at radius 1 is 1.35 bits per heavy atom. The average molecular weight is 376 g/mol. The highest BCUT2D eigenvalue weighted by Crippen LogP contribution is 2.27. The summed E-state index contributed by atoms with van der Waals surface area (Å²) in [5, 5.41) is 7.20. The molecule has 26 heavy (non-hydrogen) atoms. The lowest BCUT2D eigenvalue weighted by atomic mass is 10.1. The van der Waals surface area contributed by atoms with Gasteiger partial charge in [0.25, 0.3) is 0 Å². The maximum Gasteiger partial charge on any atom is 0.318 e. The van der Waals surface area contributed by atoms with Gasteiger partial charge >= 0.3 is 6.03 Å². The molecule has 0 aliphatic carbocycles. The number of urea groups is 1. The fourth-order valence-corrected chi connectivity index (χ4v) is 4.64. The van der Waals surface area contributed by atoms with Crippen LogP contribution >= 0.6 is 0 Å². The monoisotopic (exact) mass is 376 g/mol. The van der Waals surface area contributed by atoms with Crippen LogP contribution in [0.5, 0.6) is 0 Å². The first-order valence-corrected chi connectivity index (χ1v) is 10.6. The highest BCUT2D eigenvalue weighted by molar-refractivity contribution is 7.91. The maximum absolute atomic E-state index is 12.8. The molecule has 1 fully saturated rings. The van der Waals surface area contributed by atoms with E-state index in [2.05, 4.69) is 10.4 Å². The summed E-state index contributed by atoms with van der Waals surface area (Å²) in [6.45, 7) is 4.74. The van der Waals surface area contributed by atoms with Crippen LogP contribution < -0.4 is 5.32 Å². The molecule has 0 unspecified atom stereocenters. The SMILES string of the molecule is CCn1cc([C@H]2CS(=O)(=O)CCN2C(=O)N[C@@H](C)c2ccccc2)cn1. The first-order chi connectivity index (χ1) is 12.4. The van der Waals surface area contributed by atoms with Crippen LogP contribution in [0.2, 0.25) is 0 Å². The third-order valence-electron chi connectivity index (χ3n) is 4.69. The van der Waals surface area contributed by atoms with Crippen LogP contribution in [0.4, 0.5) is 4.79 Å². The van der Waals surface area contributed by atoms with E-state index in [4.69, 9.17) is 0 Å². The summed E-state index contributed by atoms with van der Waals surface area (Å²) < 4.78 is 26.0. The number of carbonyl (C=O) groups excluding carboxylic acids is 1. The minimum absolute atomic E-state index is 0.0153. The molecule has 140 valence electrons. The number of nitrogens with zero attached hydrogens (tertiary/aromatic N) is 3. The first-order valence-electron chi connectivity index (χ1n) is 8.74. The standard InChI is InChI=1S/C18H24N4O3S/c1-3-21-12-16(11-19-21)17-13-26(24,25)10-9-22(17)18(23)20-14(2)15-7-5-4-6-8-15/h4-8,11-12,14,17H,3,9-10,13H2,1-2H3,(H,20,23)/t14-,17+/m0/s1. The van der Waals surface area contributed by atoms with Crippen molar-refractivity contribution in [1.29, 1.82) is 0 Å². The third kappa shape index (κ3) is 4.07. The second-order valence-corrected chi connectivity index (χ2v) is 8.76. The minimum Gasteiger partial charge on any atom is -0.331 e. The molecule has 3 rings (SSSR count).